The van der Waals surface area contributed by atoms with Crippen molar-refractivity contribution in [2.24, 2.45) is 0 Å². The number of aryl methyl sites for hydroxylation is 2. The largest absolute Gasteiger partial charge is 0.316 e. The molecular formula is C14H19N3. The first kappa shape index (κ1) is 11.9. The van der Waals surface area contributed by atoms with E-state index in [9.17, 15) is 0 Å². The quantitative estimate of drug-likeness (QED) is 0.876. The molecule has 1 aromatic carbocycles. The van der Waals surface area contributed by atoms with Crippen LogP contribution in [0.15, 0.2) is 24.4 Å². The van der Waals surface area contributed by atoms with E-state index in [0.717, 1.165) is 12.2 Å². The van der Waals surface area contributed by atoms with Gasteiger partial charge in [-0.3, -0.25) is 0 Å². The number of hydrogen-bond donors (Lipinski definition) is 1. The summed E-state index contributed by atoms with van der Waals surface area (Å²) < 4.78 is 2.01. The highest BCUT2D eigenvalue weighted by Crippen LogP contribution is 2.17. The van der Waals surface area contributed by atoms with Crippen LogP contribution in [0.4, 0.5) is 0 Å². The molecule has 0 radical (unpaired) electrons. The van der Waals surface area contributed by atoms with Gasteiger partial charge in [0.05, 0.1) is 11.9 Å². The summed E-state index contributed by atoms with van der Waals surface area (Å²) in [7, 11) is 1.95. The number of nitrogens with one attached hydrogen (secondary N) is 1. The average molecular weight is 229 g/mol. The van der Waals surface area contributed by atoms with Crippen molar-refractivity contribution in [2.45, 2.75) is 27.3 Å². The highest BCUT2D eigenvalue weighted by atomic mass is 15.3. The average Bonchev–Trinajstić information content (AvgIpc) is 2.60. The fourth-order valence-electron chi connectivity index (χ4n) is 2.14. The number of benzene rings is 1. The normalized spacial score (nSPS) is 10.8. The van der Waals surface area contributed by atoms with Crippen molar-refractivity contribution in [3.63, 3.8) is 0 Å². The lowest BCUT2D eigenvalue weighted by Gasteiger charge is -2.08. The lowest BCUT2D eigenvalue weighted by atomic mass is 10.1. The van der Waals surface area contributed by atoms with Gasteiger partial charge in [-0.15, -0.1) is 0 Å². The van der Waals surface area contributed by atoms with Crippen molar-refractivity contribution in [1.82, 2.24) is 15.1 Å². The number of aromatic nitrogens is 2. The van der Waals surface area contributed by atoms with E-state index in [1.54, 1.807) is 0 Å². The maximum atomic E-state index is 4.46. The minimum Gasteiger partial charge on any atom is -0.316 e. The SMILES string of the molecule is CNCc1cnn(-c2cc(C)cc(C)c2)c1C. The smallest absolute Gasteiger partial charge is 0.0654 e. The van der Waals surface area contributed by atoms with Crippen LogP contribution in [0.2, 0.25) is 0 Å². The second kappa shape index (κ2) is 4.72. The third-order valence-corrected chi connectivity index (χ3v) is 2.93. The minimum atomic E-state index is 0.858. The molecule has 90 valence electrons. The molecule has 1 aromatic heterocycles. The predicted octanol–water partition coefficient (Wildman–Crippen LogP) is 2.52. The third-order valence-electron chi connectivity index (χ3n) is 2.93. The zero-order valence-corrected chi connectivity index (χ0v) is 10.9. The van der Waals surface area contributed by atoms with Gasteiger partial charge >= 0.3 is 0 Å². The maximum Gasteiger partial charge on any atom is 0.0654 e. The number of rotatable bonds is 3. The van der Waals surface area contributed by atoms with Crippen LogP contribution in [0.3, 0.4) is 0 Å². The van der Waals surface area contributed by atoms with Crippen molar-refractivity contribution >= 4 is 0 Å². The zero-order valence-electron chi connectivity index (χ0n) is 10.9. The first-order valence-electron chi connectivity index (χ1n) is 5.88. The number of nitrogens with zero attached hydrogens (tertiary/aromatic N) is 2. The molecule has 2 aromatic rings. The molecule has 0 saturated heterocycles. The lowest BCUT2D eigenvalue weighted by Crippen LogP contribution is -2.06. The summed E-state index contributed by atoms with van der Waals surface area (Å²) in [5.74, 6) is 0. The van der Waals surface area contributed by atoms with Crippen LogP contribution in [0.5, 0.6) is 0 Å². The molecule has 0 saturated carbocycles. The van der Waals surface area contributed by atoms with Gasteiger partial charge in [0.25, 0.3) is 0 Å². The summed E-state index contributed by atoms with van der Waals surface area (Å²) in [6, 6.07) is 6.50. The van der Waals surface area contributed by atoms with E-state index >= 15 is 0 Å². The van der Waals surface area contributed by atoms with Crippen molar-refractivity contribution in [3.8, 4) is 5.69 Å². The van der Waals surface area contributed by atoms with E-state index in [-0.39, 0.29) is 0 Å². The van der Waals surface area contributed by atoms with Crippen LogP contribution in [0.25, 0.3) is 5.69 Å². The molecule has 0 unspecified atom stereocenters. The molecule has 3 heteroatoms. The van der Waals surface area contributed by atoms with Crippen molar-refractivity contribution in [2.75, 3.05) is 7.05 Å². The molecule has 0 fully saturated rings. The molecule has 1 heterocycles. The van der Waals surface area contributed by atoms with Gasteiger partial charge in [-0.2, -0.15) is 5.10 Å². The van der Waals surface area contributed by atoms with Gasteiger partial charge in [-0.25, -0.2) is 4.68 Å². The molecule has 0 atom stereocenters. The van der Waals surface area contributed by atoms with E-state index in [1.165, 1.54) is 22.4 Å². The highest BCUT2D eigenvalue weighted by Gasteiger charge is 2.07. The molecule has 1 N–H and O–H groups in total. The van der Waals surface area contributed by atoms with E-state index in [4.69, 9.17) is 0 Å². The predicted molar refractivity (Wildman–Crippen MR) is 70.5 cm³/mol. The molecule has 2 rings (SSSR count). The molecular weight excluding hydrogens is 210 g/mol. The topological polar surface area (TPSA) is 29.9 Å². The monoisotopic (exact) mass is 229 g/mol. The van der Waals surface area contributed by atoms with Crippen molar-refractivity contribution in [1.29, 1.82) is 0 Å². The van der Waals surface area contributed by atoms with Crippen LogP contribution in [-0.4, -0.2) is 16.8 Å². The van der Waals surface area contributed by atoms with Gasteiger partial charge in [0.2, 0.25) is 0 Å². The van der Waals surface area contributed by atoms with Crippen LogP contribution in [-0.2, 0) is 6.54 Å². The van der Waals surface area contributed by atoms with Gasteiger partial charge in [-0.1, -0.05) is 6.07 Å². The molecule has 3 nitrogen and oxygen atoms in total. The second-order valence-corrected chi connectivity index (χ2v) is 4.54. The summed E-state index contributed by atoms with van der Waals surface area (Å²) in [6.45, 7) is 7.20. The summed E-state index contributed by atoms with van der Waals surface area (Å²) in [5.41, 5.74) is 6.12. The van der Waals surface area contributed by atoms with Gasteiger partial charge in [-0.05, 0) is 51.1 Å². The Morgan fingerprint density at radius 1 is 1.12 bits per heavy atom. The molecule has 0 spiro atoms. The van der Waals surface area contributed by atoms with Crippen molar-refractivity contribution in [3.05, 3.63) is 46.8 Å². The van der Waals surface area contributed by atoms with E-state index < -0.39 is 0 Å². The second-order valence-electron chi connectivity index (χ2n) is 4.54. The zero-order chi connectivity index (χ0) is 12.4. The molecule has 0 amide bonds. The summed E-state index contributed by atoms with van der Waals surface area (Å²) in [4.78, 5) is 0. The van der Waals surface area contributed by atoms with Gasteiger partial charge in [0.15, 0.2) is 0 Å². The Balaban J connectivity index is 2.45. The molecule has 17 heavy (non-hydrogen) atoms. The molecule has 0 aliphatic heterocycles. The van der Waals surface area contributed by atoms with Crippen LogP contribution in [0.1, 0.15) is 22.4 Å². The van der Waals surface area contributed by atoms with Crippen LogP contribution in [0, 0.1) is 20.8 Å². The first-order chi connectivity index (χ1) is 8.11. The van der Waals surface area contributed by atoms with Crippen LogP contribution >= 0.6 is 0 Å². The Morgan fingerprint density at radius 3 is 2.35 bits per heavy atom. The van der Waals surface area contributed by atoms with E-state index in [2.05, 4.69) is 49.4 Å². The Hall–Kier alpha value is -1.61. The number of hydrogen-bond acceptors (Lipinski definition) is 2. The summed E-state index contributed by atoms with van der Waals surface area (Å²) in [5, 5.41) is 7.62. The Kier molecular flexibility index (Phi) is 3.29. The maximum absolute atomic E-state index is 4.46. The summed E-state index contributed by atoms with van der Waals surface area (Å²) in [6.07, 6.45) is 1.93. The Bertz CT molecular complexity index is 506. The van der Waals surface area contributed by atoms with Crippen molar-refractivity contribution < 1.29 is 0 Å². The standard InChI is InChI=1S/C14H19N3/c1-10-5-11(2)7-14(6-10)17-12(3)13(8-15-4)9-16-17/h5-7,9,15H,8H2,1-4H3. The molecule has 0 aliphatic carbocycles. The van der Waals surface area contributed by atoms with Gasteiger partial charge in [0, 0.05) is 17.8 Å². The lowest BCUT2D eigenvalue weighted by molar-refractivity contribution is 0.801. The van der Waals surface area contributed by atoms with Gasteiger partial charge in [0.1, 0.15) is 0 Å². The highest BCUT2D eigenvalue weighted by molar-refractivity contribution is 5.40. The van der Waals surface area contributed by atoms with E-state index in [1.807, 2.05) is 17.9 Å². The Labute approximate surface area is 102 Å². The minimum absolute atomic E-state index is 0.858. The molecule has 0 aliphatic rings. The Morgan fingerprint density at radius 2 is 1.76 bits per heavy atom. The van der Waals surface area contributed by atoms with Gasteiger partial charge < -0.3 is 5.32 Å². The van der Waals surface area contributed by atoms with Crippen LogP contribution < -0.4 is 5.32 Å². The first-order valence-corrected chi connectivity index (χ1v) is 5.88. The fraction of sp³-hybridized carbons (Fsp3) is 0.357. The molecule has 0 bridgehead atoms. The fourth-order valence-corrected chi connectivity index (χ4v) is 2.14. The van der Waals surface area contributed by atoms with E-state index in [0.29, 0.717) is 0 Å². The third kappa shape index (κ3) is 2.39. The summed E-state index contributed by atoms with van der Waals surface area (Å²) >= 11 is 0.